The monoisotopic (exact) mass is 478 g/mol. The van der Waals surface area contributed by atoms with Crippen LogP contribution in [0, 0.1) is 5.82 Å². The zero-order chi connectivity index (χ0) is 24.6. The summed E-state index contributed by atoms with van der Waals surface area (Å²) in [6.07, 6.45) is -1.36. The van der Waals surface area contributed by atoms with Gasteiger partial charge in [-0.1, -0.05) is 18.2 Å². The molecule has 3 rings (SSSR count). The molecule has 0 fully saturated rings. The van der Waals surface area contributed by atoms with E-state index in [1.54, 1.807) is 31.2 Å². The highest BCUT2D eigenvalue weighted by atomic mass is 19.4. The van der Waals surface area contributed by atoms with Gasteiger partial charge in [0.1, 0.15) is 23.1 Å². The normalized spacial score (nSPS) is 11.4. The Bertz CT molecular complexity index is 1080. The molecule has 5 nitrogen and oxygen atoms in total. The Labute approximate surface area is 195 Å². The predicted molar refractivity (Wildman–Crippen MR) is 119 cm³/mol. The number of para-hydroxylation sites is 1. The van der Waals surface area contributed by atoms with Gasteiger partial charge in [0.25, 0.3) is 0 Å². The van der Waals surface area contributed by atoms with Crippen molar-refractivity contribution in [3.8, 4) is 17.1 Å². The average molecular weight is 478 g/mol. The van der Waals surface area contributed by atoms with Crippen LogP contribution in [0.3, 0.4) is 0 Å². The Morgan fingerprint density at radius 1 is 1.03 bits per heavy atom. The summed E-state index contributed by atoms with van der Waals surface area (Å²) in [4.78, 5) is 15.4. The highest BCUT2D eigenvalue weighted by molar-refractivity contribution is 5.69. The molecular formula is C25H26F4N2O3. The number of imidazole rings is 1. The van der Waals surface area contributed by atoms with E-state index < -0.39 is 17.7 Å². The van der Waals surface area contributed by atoms with E-state index in [2.05, 4.69) is 4.98 Å². The van der Waals surface area contributed by atoms with Gasteiger partial charge in [0, 0.05) is 17.5 Å². The minimum atomic E-state index is -4.61. The van der Waals surface area contributed by atoms with Gasteiger partial charge in [0.05, 0.1) is 26.0 Å². The van der Waals surface area contributed by atoms with Crippen LogP contribution in [0.1, 0.15) is 43.9 Å². The maximum atomic E-state index is 13.7. The third-order valence-corrected chi connectivity index (χ3v) is 5.14. The Hall–Kier alpha value is -3.36. The third-order valence-electron chi connectivity index (χ3n) is 5.14. The molecule has 0 unspecified atom stereocenters. The lowest BCUT2D eigenvalue weighted by Crippen LogP contribution is -2.15. The van der Waals surface area contributed by atoms with E-state index in [0.717, 1.165) is 17.2 Å². The second-order valence-corrected chi connectivity index (χ2v) is 7.63. The van der Waals surface area contributed by atoms with Gasteiger partial charge in [-0.2, -0.15) is 13.2 Å². The number of hydrogen-bond donors (Lipinski definition) is 0. The van der Waals surface area contributed by atoms with E-state index in [0.29, 0.717) is 49.4 Å². The van der Waals surface area contributed by atoms with Crippen LogP contribution in [0.25, 0.3) is 11.4 Å². The number of aromatic nitrogens is 2. The third kappa shape index (κ3) is 6.82. The molecule has 1 aromatic heterocycles. The number of carbonyl (C=O) groups excluding carboxylic acids is 1. The highest BCUT2D eigenvalue weighted by Gasteiger charge is 2.36. The standard InChI is InChI=1S/C25H26F4N2O3/c1-2-33-23(32)10-4-3-7-15-34-21-9-6-5-8-19(21)17-31-22(25(27,28)29)16-30-24(31)18-11-13-20(26)14-12-18/h5-6,8-9,11-14,16H,2-4,7,10,15,17H2,1H3. The molecule has 0 aliphatic rings. The van der Waals surface area contributed by atoms with Crippen molar-refractivity contribution in [2.24, 2.45) is 0 Å². The molecule has 9 heteroatoms. The van der Waals surface area contributed by atoms with Crippen LogP contribution >= 0.6 is 0 Å². The van der Waals surface area contributed by atoms with E-state index in [1.807, 2.05) is 0 Å². The zero-order valence-corrected chi connectivity index (χ0v) is 18.8. The van der Waals surface area contributed by atoms with Gasteiger partial charge in [0.15, 0.2) is 0 Å². The summed E-state index contributed by atoms with van der Waals surface area (Å²) >= 11 is 0. The van der Waals surface area contributed by atoms with Crippen molar-refractivity contribution in [3.63, 3.8) is 0 Å². The van der Waals surface area contributed by atoms with Crippen molar-refractivity contribution in [1.82, 2.24) is 9.55 Å². The summed E-state index contributed by atoms with van der Waals surface area (Å²) in [5.74, 6) is -0.161. The van der Waals surface area contributed by atoms with Crippen molar-refractivity contribution >= 4 is 5.97 Å². The van der Waals surface area contributed by atoms with Gasteiger partial charge in [0.2, 0.25) is 0 Å². The van der Waals surface area contributed by atoms with E-state index in [9.17, 15) is 22.4 Å². The van der Waals surface area contributed by atoms with Gasteiger partial charge < -0.3 is 14.0 Å². The van der Waals surface area contributed by atoms with E-state index >= 15 is 0 Å². The largest absolute Gasteiger partial charge is 0.493 e. The first-order valence-corrected chi connectivity index (χ1v) is 11.0. The summed E-state index contributed by atoms with van der Waals surface area (Å²) in [6.45, 7) is 2.35. The molecule has 0 saturated heterocycles. The van der Waals surface area contributed by atoms with E-state index in [-0.39, 0.29) is 18.3 Å². The second-order valence-electron chi connectivity index (χ2n) is 7.63. The fourth-order valence-corrected chi connectivity index (χ4v) is 3.50. The average Bonchev–Trinajstić information content (AvgIpc) is 3.22. The molecule has 0 aliphatic heterocycles. The Balaban J connectivity index is 1.73. The van der Waals surface area contributed by atoms with Gasteiger partial charge in [-0.15, -0.1) is 0 Å². The van der Waals surface area contributed by atoms with Crippen LogP contribution < -0.4 is 4.74 Å². The predicted octanol–water partition coefficient (Wildman–Crippen LogP) is 6.26. The zero-order valence-electron chi connectivity index (χ0n) is 18.8. The first kappa shape index (κ1) is 25.3. The summed E-state index contributed by atoms with van der Waals surface area (Å²) in [5.41, 5.74) is 0.0263. The molecule has 1 heterocycles. The van der Waals surface area contributed by atoms with Gasteiger partial charge in [-0.05, 0) is 56.5 Å². The lowest BCUT2D eigenvalue weighted by Gasteiger charge is -2.17. The van der Waals surface area contributed by atoms with Crippen LogP contribution in [0.4, 0.5) is 17.6 Å². The Morgan fingerprint density at radius 3 is 2.47 bits per heavy atom. The smallest absolute Gasteiger partial charge is 0.433 e. The lowest BCUT2D eigenvalue weighted by atomic mass is 10.1. The first-order chi connectivity index (χ1) is 16.3. The van der Waals surface area contributed by atoms with E-state index in [4.69, 9.17) is 9.47 Å². The van der Waals surface area contributed by atoms with Crippen molar-refractivity contribution < 1.29 is 31.8 Å². The fourth-order valence-electron chi connectivity index (χ4n) is 3.50. The molecule has 34 heavy (non-hydrogen) atoms. The molecule has 0 spiro atoms. The van der Waals surface area contributed by atoms with E-state index in [1.165, 1.54) is 24.3 Å². The number of rotatable bonds is 11. The van der Waals surface area contributed by atoms with Crippen molar-refractivity contribution in [2.75, 3.05) is 13.2 Å². The number of esters is 1. The summed E-state index contributed by atoms with van der Waals surface area (Å²) in [7, 11) is 0. The van der Waals surface area contributed by atoms with Gasteiger partial charge in [-0.3, -0.25) is 4.79 Å². The van der Waals surface area contributed by atoms with Crippen molar-refractivity contribution in [1.29, 1.82) is 0 Å². The molecule has 0 bridgehead atoms. The van der Waals surface area contributed by atoms with Crippen molar-refractivity contribution in [3.05, 3.63) is 71.8 Å². The molecule has 3 aromatic rings. The number of hydrogen-bond acceptors (Lipinski definition) is 4. The molecule has 0 N–H and O–H groups in total. The van der Waals surface area contributed by atoms with Crippen molar-refractivity contribution in [2.45, 2.75) is 45.3 Å². The molecule has 0 atom stereocenters. The van der Waals surface area contributed by atoms with Gasteiger partial charge >= 0.3 is 12.1 Å². The maximum absolute atomic E-state index is 13.7. The fraction of sp³-hybridized carbons (Fsp3) is 0.360. The number of halogens is 4. The minimum absolute atomic E-state index is 0.0843. The minimum Gasteiger partial charge on any atom is -0.493 e. The Kier molecular flexibility index (Phi) is 8.67. The van der Waals surface area contributed by atoms with Crippen LogP contribution in [0.5, 0.6) is 5.75 Å². The molecular weight excluding hydrogens is 452 g/mol. The number of unbranched alkanes of at least 4 members (excludes halogenated alkanes) is 2. The lowest BCUT2D eigenvalue weighted by molar-refractivity contribution is -0.144. The van der Waals surface area contributed by atoms with Crippen LogP contribution in [-0.2, 0) is 22.3 Å². The number of nitrogens with zero attached hydrogens (tertiary/aromatic N) is 2. The topological polar surface area (TPSA) is 53.4 Å². The maximum Gasteiger partial charge on any atom is 0.433 e. The number of carbonyl (C=O) groups is 1. The Morgan fingerprint density at radius 2 is 1.76 bits per heavy atom. The molecule has 0 aliphatic carbocycles. The summed E-state index contributed by atoms with van der Waals surface area (Å²) in [5, 5.41) is 0. The SMILES string of the molecule is CCOC(=O)CCCCCOc1ccccc1Cn1c(C(F)(F)F)cnc1-c1ccc(F)cc1. The summed E-state index contributed by atoms with van der Waals surface area (Å²) in [6, 6.07) is 12.0. The highest BCUT2D eigenvalue weighted by Crippen LogP contribution is 2.34. The number of alkyl halides is 3. The molecule has 0 amide bonds. The molecule has 0 radical (unpaired) electrons. The summed E-state index contributed by atoms with van der Waals surface area (Å²) < 4.78 is 66.2. The quantitative estimate of drug-likeness (QED) is 0.186. The first-order valence-electron chi connectivity index (χ1n) is 11.0. The van der Waals surface area contributed by atoms with Gasteiger partial charge in [-0.25, -0.2) is 9.37 Å². The number of benzene rings is 2. The van der Waals surface area contributed by atoms with Crippen LogP contribution in [-0.4, -0.2) is 28.7 Å². The second kappa shape index (κ2) is 11.7. The van der Waals surface area contributed by atoms with Crippen LogP contribution in [0.15, 0.2) is 54.7 Å². The number of ether oxygens (including phenoxy) is 2. The molecule has 0 saturated carbocycles. The molecule has 182 valence electrons. The molecule has 2 aromatic carbocycles. The van der Waals surface area contributed by atoms with Crippen LogP contribution in [0.2, 0.25) is 0 Å².